The highest BCUT2D eigenvalue weighted by atomic mass is 32.2. The van der Waals surface area contributed by atoms with Crippen molar-refractivity contribution in [1.82, 2.24) is 15.4 Å². The molecule has 0 aliphatic heterocycles. The molecule has 1 unspecified atom stereocenters. The second-order valence-corrected chi connectivity index (χ2v) is 10.8. The van der Waals surface area contributed by atoms with E-state index in [-0.39, 0.29) is 42.0 Å². The highest BCUT2D eigenvalue weighted by molar-refractivity contribution is 7.88. The number of benzene rings is 1. The van der Waals surface area contributed by atoms with Gasteiger partial charge in [0.25, 0.3) is 0 Å². The van der Waals surface area contributed by atoms with Crippen molar-refractivity contribution in [2.75, 3.05) is 0 Å². The molecule has 1 atom stereocenters. The fraction of sp³-hybridized carbons (Fsp3) is 0.652. The highest BCUT2D eigenvalue weighted by Gasteiger charge is 2.28. The van der Waals surface area contributed by atoms with Crippen molar-refractivity contribution in [3.8, 4) is 0 Å². The van der Waals surface area contributed by atoms with Crippen molar-refractivity contribution in [2.24, 2.45) is 11.8 Å². The van der Waals surface area contributed by atoms with Crippen molar-refractivity contribution in [3.63, 3.8) is 0 Å². The maximum absolute atomic E-state index is 12.9. The van der Waals surface area contributed by atoms with Gasteiger partial charge in [-0.2, -0.15) is 0 Å². The molecule has 0 spiro atoms. The van der Waals surface area contributed by atoms with Gasteiger partial charge in [0.15, 0.2) is 0 Å². The lowest BCUT2D eigenvalue weighted by molar-refractivity contribution is -0.132. The number of hydrogen-bond donors (Lipinski definition) is 3. The van der Waals surface area contributed by atoms with E-state index in [1.165, 1.54) is 6.42 Å². The van der Waals surface area contributed by atoms with E-state index in [0.717, 1.165) is 31.2 Å². The maximum atomic E-state index is 12.9. The first-order chi connectivity index (χ1) is 14.6. The minimum absolute atomic E-state index is 0.0119. The summed E-state index contributed by atoms with van der Waals surface area (Å²) in [4.78, 5) is 25.5. The predicted molar refractivity (Wildman–Crippen MR) is 123 cm³/mol. The number of nitrogens with one attached hydrogen (secondary N) is 3. The maximum Gasteiger partial charge on any atom is 0.243 e. The van der Waals surface area contributed by atoms with E-state index in [4.69, 9.17) is 0 Å². The van der Waals surface area contributed by atoms with E-state index in [1.54, 1.807) is 26.0 Å². The first-order valence-electron chi connectivity index (χ1n) is 11.2. The third-order valence-corrected chi connectivity index (χ3v) is 7.08. The molecular weight excluding hydrogens is 414 g/mol. The Morgan fingerprint density at radius 1 is 1.00 bits per heavy atom. The summed E-state index contributed by atoms with van der Waals surface area (Å²) in [7, 11) is -3.47. The third-order valence-electron chi connectivity index (χ3n) is 5.56. The summed E-state index contributed by atoms with van der Waals surface area (Å²) in [5.41, 5.74) is 1.38. The zero-order chi connectivity index (χ0) is 23.0. The van der Waals surface area contributed by atoms with Gasteiger partial charge >= 0.3 is 0 Å². The lowest BCUT2D eigenvalue weighted by atomic mass is 9.88. The SMILES string of the molecule is CC(C)NS(=O)(=O)Cc1ccccc1CNC(=O)C(NC(=O)C1CCCCC1)C(C)C. The van der Waals surface area contributed by atoms with E-state index in [0.29, 0.717) is 5.56 Å². The molecule has 0 aromatic heterocycles. The van der Waals surface area contributed by atoms with Crippen LogP contribution in [-0.4, -0.2) is 32.3 Å². The Bertz CT molecular complexity index is 846. The van der Waals surface area contributed by atoms with E-state index < -0.39 is 16.1 Å². The monoisotopic (exact) mass is 451 g/mol. The van der Waals surface area contributed by atoms with Crippen molar-refractivity contribution in [3.05, 3.63) is 35.4 Å². The molecule has 1 aromatic rings. The quantitative estimate of drug-likeness (QED) is 0.509. The van der Waals surface area contributed by atoms with Crippen molar-refractivity contribution in [2.45, 2.75) is 84.2 Å². The van der Waals surface area contributed by atoms with Crippen LogP contribution in [0.4, 0.5) is 0 Å². The van der Waals surface area contributed by atoms with Crippen LogP contribution in [-0.2, 0) is 31.9 Å². The van der Waals surface area contributed by atoms with E-state index in [1.807, 2.05) is 26.0 Å². The third kappa shape index (κ3) is 8.26. The molecule has 31 heavy (non-hydrogen) atoms. The van der Waals surface area contributed by atoms with Gasteiger partial charge in [-0.05, 0) is 43.7 Å². The molecule has 1 aliphatic rings. The van der Waals surface area contributed by atoms with Crippen LogP contribution in [0.25, 0.3) is 0 Å². The van der Waals surface area contributed by atoms with Crippen LogP contribution in [0.1, 0.15) is 70.9 Å². The molecule has 3 N–H and O–H groups in total. The molecule has 1 saturated carbocycles. The second kappa shape index (κ2) is 11.6. The lowest BCUT2D eigenvalue weighted by Gasteiger charge is -2.26. The molecular formula is C23H37N3O4S. The molecule has 0 saturated heterocycles. The van der Waals surface area contributed by atoms with Gasteiger partial charge < -0.3 is 10.6 Å². The number of hydrogen-bond acceptors (Lipinski definition) is 4. The number of carbonyl (C=O) groups excluding carboxylic acids is 2. The number of carbonyl (C=O) groups is 2. The molecule has 2 rings (SSSR count). The summed E-state index contributed by atoms with van der Waals surface area (Å²) in [6, 6.07) is 6.37. The van der Waals surface area contributed by atoms with Gasteiger partial charge in [-0.15, -0.1) is 0 Å². The topological polar surface area (TPSA) is 104 Å². The minimum atomic E-state index is -3.47. The Morgan fingerprint density at radius 3 is 2.19 bits per heavy atom. The zero-order valence-corrected chi connectivity index (χ0v) is 19.9. The average molecular weight is 452 g/mol. The first kappa shape index (κ1) is 25.3. The molecule has 0 radical (unpaired) electrons. The molecule has 1 aromatic carbocycles. The molecule has 1 fully saturated rings. The fourth-order valence-corrected chi connectivity index (χ4v) is 5.43. The molecule has 1 aliphatic carbocycles. The second-order valence-electron chi connectivity index (χ2n) is 9.08. The van der Waals surface area contributed by atoms with Crippen LogP contribution in [0.5, 0.6) is 0 Å². The summed E-state index contributed by atoms with van der Waals surface area (Å²) in [5, 5.41) is 5.83. The summed E-state index contributed by atoms with van der Waals surface area (Å²) in [6.07, 6.45) is 5.04. The fourth-order valence-electron chi connectivity index (χ4n) is 3.94. The van der Waals surface area contributed by atoms with Gasteiger partial charge in [-0.1, -0.05) is 57.4 Å². The van der Waals surface area contributed by atoms with Crippen LogP contribution in [0.2, 0.25) is 0 Å². The summed E-state index contributed by atoms with van der Waals surface area (Å²) in [5.74, 6) is -0.513. The zero-order valence-electron chi connectivity index (χ0n) is 19.1. The Hall–Kier alpha value is -1.93. The predicted octanol–water partition coefficient (Wildman–Crippen LogP) is 2.85. The standard InChI is InChI=1S/C23H37N3O4S/c1-16(2)21(25-22(27)18-10-6-5-7-11-18)23(28)24-14-19-12-8-9-13-20(19)15-31(29,30)26-17(3)4/h8-9,12-13,16-18,21,26H,5-7,10-11,14-15H2,1-4H3,(H,24,28)(H,25,27). The molecule has 0 bridgehead atoms. The molecule has 2 amide bonds. The van der Waals surface area contributed by atoms with Crippen LogP contribution in [0.15, 0.2) is 24.3 Å². The summed E-state index contributed by atoms with van der Waals surface area (Å²) >= 11 is 0. The van der Waals surface area contributed by atoms with Crippen LogP contribution >= 0.6 is 0 Å². The van der Waals surface area contributed by atoms with Crippen LogP contribution in [0, 0.1) is 11.8 Å². The Morgan fingerprint density at radius 2 is 1.61 bits per heavy atom. The molecule has 174 valence electrons. The van der Waals surface area contributed by atoms with Gasteiger partial charge in [0.2, 0.25) is 21.8 Å². The van der Waals surface area contributed by atoms with Gasteiger partial charge in [-0.25, -0.2) is 13.1 Å². The molecule has 8 heteroatoms. The largest absolute Gasteiger partial charge is 0.350 e. The van der Waals surface area contributed by atoms with Gasteiger partial charge in [-0.3, -0.25) is 9.59 Å². The number of rotatable bonds is 10. The van der Waals surface area contributed by atoms with Crippen molar-refractivity contribution >= 4 is 21.8 Å². The van der Waals surface area contributed by atoms with Crippen molar-refractivity contribution in [1.29, 1.82) is 0 Å². The van der Waals surface area contributed by atoms with Crippen molar-refractivity contribution < 1.29 is 18.0 Å². The number of amides is 2. The minimum Gasteiger partial charge on any atom is -0.350 e. The van der Waals surface area contributed by atoms with Crippen LogP contribution in [0.3, 0.4) is 0 Å². The Kier molecular flexibility index (Phi) is 9.50. The average Bonchev–Trinajstić information content (AvgIpc) is 2.70. The normalized spacial score (nSPS) is 16.3. The van der Waals surface area contributed by atoms with E-state index in [9.17, 15) is 18.0 Å². The first-order valence-corrected chi connectivity index (χ1v) is 12.9. The van der Waals surface area contributed by atoms with Gasteiger partial charge in [0.1, 0.15) is 6.04 Å². The Labute approximate surface area is 186 Å². The van der Waals surface area contributed by atoms with Gasteiger partial charge in [0, 0.05) is 18.5 Å². The smallest absolute Gasteiger partial charge is 0.243 e. The highest BCUT2D eigenvalue weighted by Crippen LogP contribution is 2.24. The number of sulfonamides is 1. The molecule has 7 nitrogen and oxygen atoms in total. The van der Waals surface area contributed by atoms with E-state index >= 15 is 0 Å². The van der Waals surface area contributed by atoms with Gasteiger partial charge in [0.05, 0.1) is 5.75 Å². The lowest BCUT2D eigenvalue weighted by Crippen LogP contribution is -2.51. The van der Waals surface area contributed by atoms with E-state index in [2.05, 4.69) is 15.4 Å². The van der Waals surface area contributed by atoms with Crippen LogP contribution < -0.4 is 15.4 Å². The summed E-state index contributed by atoms with van der Waals surface area (Å²) < 4.78 is 27.2. The molecule has 0 heterocycles. The summed E-state index contributed by atoms with van der Waals surface area (Å²) in [6.45, 7) is 7.57. The Balaban J connectivity index is 2.02.